The van der Waals surface area contributed by atoms with Gasteiger partial charge in [-0.25, -0.2) is 4.79 Å². The van der Waals surface area contributed by atoms with Gasteiger partial charge in [0.05, 0.1) is 12.2 Å². The second-order valence-electron chi connectivity index (χ2n) is 4.32. The highest BCUT2D eigenvalue weighted by Crippen LogP contribution is 2.24. The number of hydrogen-bond donors (Lipinski definition) is 1. The van der Waals surface area contributed by atoms with E-state index in [1.807, 2.05) is 26.8 Å². The molecule has 0 amide bonds. The maximum Gasteiger partial charge on any atom is 0.328 e. The van der Waals surface area contributed by atoms with Crippen LogP contribution in [-0.2, 0) is 4.79 Å². The SMILES string of the molecule is CCCOc1cc(C)c(C)cc1C(=O)/C=C/C(=O)O. The summed E-state index contributed by atoms with van der Waals surface area (Å²) < 4.78 is 5.55. The van der Waals surface area contributed by atoms with Crippen molar-refractivity contribution in [1.82, 2.24) is 0 Å². The minimum Gasteiger partial charge on any atom is -0.493 e. The van der Waals surface area contributed by atoms with Crippen LogP contribution in [0.5, 0.6) is 5.75 Å². The number of carboxylic acid groups (broad SMARTS) is 1. The highest BCUT2D eigenvalue weighted by Gasteiger charge is 2.12. The van der Waals surface area contributed by atoms with E-state index in [0.29, 0.717) is 17.9 Å². The number of carbonyl (C=O) groups is 2. The molecular formula is C15H18O4. The van der Waals surface area contributed by atoms with Gasteiger partial charge in [0.15, 0.2) is 5.78 Å². The van der Waals surface area contributed by atoms with E-state index >= 15 is 0 Å². The van der Waals surface area contributed by atoms with Crippen LogP contribution in [0.15, 0.2) is 24.3 Å². The minimum absolute atomic E-state index is 0.364. The van der Waals surface area contributed by atoms with Gasteiger partial charge in [0, 0.05) is 6.08 Å². The number of hydrogen-bond acceptors (Lipinski definition) is 3. The lowest BCUT2D eigenvalue weighted by Crippen LogP contribution is -2.05. The van der Waals surface area contributed by atoms with Crippen molar-refractivity contribution in [2.75, 3.05) is 6.61 Å². The maximum absolute atomic E-state index is 12.0. The molecule has 0 fully saturated rings. The second kappa shape index (κ2) is 6.73. The van der Waals surface area contributed by atoms with Gasteiger partial charge in [0.1, 0.15) is 5.75 Å². The highest BCUT2D eigenvalue weighted by atomic mass is 16.5. The van der Waals surface area contributed by atoms with Gasteiger partial charge in [0.25, 0.3) is 0 Å². The van der Waals surface area contributed by atoms with Crippen molar-refractivity contribution in [2.24, 2.45) is 0 Å². The Hall–Kier alpha value is -2.10. The zero-order valence-electron chi connectivity index (χ0n) is 11.4. The molecular weight excluding hydrogens is 244 g/mol. The number of carbonyl (C=O) groups excluding carboxylic acids is 1. The largest absolute Gasteiger partial charge is 0.493 e. The van der Waals surface area contributed by atoms with Crippen LogP contribution in [-0.4, -0.2) is 23.5 Å². The van der Waals surface area contributed by atoms with E-state index in [9.17, 15) is 9.59 Å². The third-order valence-corrected chi connectivity index (χ3v) is 2.70. The van der Waals surface area contributed by atoms with E-state index < -0.39 is 5.97 Å². The molecule has 102 valence electrons. The summed E-state index contributed by atoms with van der Waals surface area (Å²) in [5.41, 5.74) is 2.40. The van der Waals surface area contributed by atoms with Gasteiger partial charge < -0.3 is 9.84 Å². The molecule has 19 heavy (non-hydrogen) atoms. The van der Waals surface area contributed by atoms with E-state index in [1.165, 1.54) is 0 Å². The summed E-state index contributed by atoms with van der Waals surface area (Å²) in [5.74, 6) is -1.00. The predicted octanol–water partition coefficient (Wildman–Crippen LogP) is 2.92. The molecule has 0 saturated heterocycles. The molecule has 0 spiro atoms. The fourth-order valence-corrected chi connectivity index (χ4v) is 1.55. The van der Waals surface area contributed by atoms with Crippen molar-refractivity contribution < 1.29 is 19.4 Å². The molecule has 4 heteroatoms. The standard InChI is InChI=1S/C15H18O4/c1-4-7-19-14-9-11(3)10(2)8-12(14)13(16)5-6-15(17)18/h5-6,8-9H,4,7H2,1-3H3,(H,17,18)/b6-5+. The number of carboxylic acids is 1. The van der Waals surface area contributed by atoms with Crippen LogP contribution >= 0.6 is 0 Å². The number of allylic oxidation sites excluding steroid dienone is 1. The second-order valence-corrected chi connectivity index (χ2v) is 4.32. The van der Waals surface area contributed by atoms with E-state index in [2.05, 4.69) is 0 Å². The minimum atomic E-state index is -1.15. The zero-order chi connectivity index (χ0) is 14.4. The number of ether oxygens (including phenoxy) is 1. The number of aryl methyl sites for hydroxylation is 2. The highest BCUT2D eigenvalue weighted by molar-refractivity contribution is 6.08. The third kappa shape index (κ3) is 4.25. The van der Waals surface area contributed by atoms with E-state index in [1.54, 1.807) is 6.07 Å². The Bertz CT molecular complexity index is 515. The summed E-state index contributed by atoms with van der Waals surface area (Å²) >= 11 is 0. The smallest absolute Gasteiger partial charge is 0.328 e. The zero-order valence-corrected chi connectivity index (χ0v) is 11.4. The van der Waals surface area contributed by atoms with Crippen LogP contribution in [0.1, 0.15) is 34.8 Å². The molecule has 0 aliphatic rings. The lowest BCUT2D eigenvalue weighted by molar-refractivity contribution is -0.131. The molecule has 1 aromatic carbocycles. The Kier molecular flexibility index (Phi) is 5.30. The summed E-state index contributed by atoms with van der Waals surface area (Å²) in [6.07, 6.45) is 2.72. The molecule has 0 aliphatic carbocycles. The molecule has 0 bridgehead atoms. The summed E-state index contributed by atoms with van der Waals surface area (Å²) in [4.78, 5) is 22.4. The number of benzene rings is 1. The normalized spacial score (nSPS) is 10.7. The fraction of sp³-hybridized carbons (Fsp3) is 0.333. The van der Waals surface area contributed by atoms with Crippen LogP contribution in [0, 0.1) is 13.8 Å². The molecule has 0 unspecified atom stereocenters. The summed E-state index contributed by atoms with van der Waals surface area (Å²) in [7, 11) is 0. The van der Waals surface area contributed by atoms with Gasteiger partial charge in [-0.05, 0) is 49.6 Å². The Morgan fingerprint density at radius 3 is 2.42 bits per heavy atom. The van der Waals surface area contributed by atoms with Crippen LogP contribution in [0.3, 0.4) is 0 Å². The van der Waals surface area contributed by atoms with Crippen molar-refractivity contribution in [3.63, 3.8) is 0 Å². The molecule has 1 aromatic rings. The average Bonchev–Trinajstić information content (AvgIpc) is 2.36. The topological polar surface area (TPSA) is 63.6 Å². The van der Waals surface area contributed by atoms with E-state index in [-0.39, 0.29) is 5.78 Å². The lowest BCUT2D eigenvalue weighted by Gasteiger charge is -2.12. The van der Waals surface area contributed by atoms with Crippen molar-refractivity contribution in [3.05, 3.63) is 41.0 Å². The molecule has 0 heterocycles. The Morgan fingerprint density at radius 1 is 1.21 bits per heavy atom. The van der Waals surface area contributed by atoms with Crippen molar-refractivity contribution in [1.29, 1.82) is 0 Å². The predicted molar refractivity (Wildman–Crippen MR) is 72.8 cm³/mol. The first-order valence-electron chi connectivity index (χ1n) is 6.15. The molecule has 4 nitrogen and oxygen atoms in total. The molecule has 0 aliphatic heterocycles. The van der Waals surface area contributed by atoms with Gasteiger partial charge in [-0.2, -0.15) is 0 Å². The van der Waals surface area contributed by atoms with Crippen molar-refractivity contribution in [2.45, 2.75) is 27.2 Å². The summed E-state index contributed by atoms with van der Waals surface area (Å²) in [6, 6.07) is 3.54. The van der Waals surface area contributed by atoms with Gasteiger partial charge in [0.2, 0.25) is 0 Å². The number of ketones is 1. The summed E-state index contributed by atoms with van der Waals surface area (Å²) in [5, 5.41) is 8.55. The monoisotopic (exact) mass is 262 g/mol. The maximum atomic E-state index is 12.0. The Morgan fingerprint density at radius 2 is 1.84 bits per heavy atom. The average molecular weight is 262 g/mol. The number of aliphatic carboxylic acids is 1. The van der Waals surface area contributed by atoms with Crippen LogP contribution in [0.25, 0.3) is 0 Å². The molecule has 1 N–H and O–H groups in total. The molecule has 0 atom stereocenters. The van der Waals surface area contributed by atoms with Gasteiger partial charge >= 0.3 is 5.97 Å². The molecule has 1 rings (SSSR count). The van der Waals surface area contributed by atoms with Gasteiger partial charge in [-0.3, -0.25) is 4.79 Å². The lowest BCUT2D eigenvalue weighted by atomic mass is 10.0. The number of rotatable bonds is 6. The molecule has 0 aromatic heterocycles. The third-order valence-electron chi connectivity index (χ3n) is 2.70. The molecule has 0 radical (unpaired) electrons. The quantitative estimate of drug-likeness (QED) is 0.632. The van der Waals surface area contributed by atoms with E-state index in [0.717, 1.165) is 29.7 Å². The summed E-state index contributed by atoms with van der Waals surface area (Å²) in [6.45, 7) is 6.34. The van der Waals surface area contributed by atoms with E-state index in [4.69, 9.17) is 9.84 Å². The van der Waals surface area contributed by atoms with Crippen LogP contribution < -0.4 is 4.74 Å². The first kappa shape index (κ1) is 15.0. The van der Waals surface area contributed by atoms with Gasteiger partial charge in [-0.1, -0.05) is 6.92 Å². The van der Waals surface area contributed by atoms with Crippen LogP contribution in [0.2, 0.25) is 0 Å². The first-order chi connectivity index (χ1) is 8.95. The van der Waals surface area contributed by atoms with Gasteiger partial charge in [-0.15, -0.1) is 0 Å². The van der Waals surface area contributed by atoms with Crippen molar-refractivity contribution in [3.8, 4) is 5.75 Å². The van der Waals surface area contributed by atoms with Crippen LogP contribution in [0.4, 0.5) is 0 Å². The Labute approximate surface area is 112 Å². The Balaban J connectivity index is 3.12. The van der Waals surface area contributed by atoms with Crippen molar-refractivity contribution >= 4 is 11.8 Å². The fourth-order valence-electron chi connectivity index (χ4n) is 1.55. The molecule has 0 saturated carbocycles. The first-order valence-corrected chi connectivity index (χ1v) is 6.15.